The van der Waals surface area contributed by atoms with E-state index in [1.807, 2.05) is 0 Å². The van der Waals surface area contributed by atoms with E-state index >= 15 is 0 Å². The summed E-state index contributed by atoms with van der Waals surface area (Å²) >= 11 is 0. The largest absolute Gasteiger partial charge is 0.476 e. The first-order valence-corrected chi connectivity index (χ1v) is 7.17. The van der Waals surface area contributed by atoms with Gasteiger partial charge in [0.15, 0.2) is 5.69 Å². The molecule has 3 N–H and O–H groups in total. The summed E-state index contributed by atoms with van der Waals surface area (Å²) in [7, 11) is -0.940. The van der Waals surface area contributed by atoms with E-state index in [1.54, 1.807) is 6.26 Å². The molecule has 106 valence electrons. The summed E-state index contributed by atoms with van der Waals surface area (Å²) in [5, 5.41) is 20.8. The predicted octanol–water partition coefficient (Wildman–Crippen LogP) is -1.35. The Hall–Kier alpha value is -1.97. The highest BCUT2D eigenvalue weighted by Gasteiger charge is 2.08. The van der Waals surface area contributed by atoms with Crippen LogP contribution in [-0.4, -0.2) is 61.4 Å². The molecule has 9 nitrogen and oxygen atoms in total. The Balaban J connectivity index is 2.20. The summed E-state index contributed by atoms with van der Waals surface area (Å²) in [6.45, 7) is 0.929. The summed E-state index contributed by atoms with van der Waals surface area (Å²) in [6, 6.07) is -0.371. The molecule has 0 aliphatic carbocycles. The molecule has 0 saturated heterocycles. The molecule has 0 aliphatic rings. The molecular weight excluding hydrogens is 274 g/mol. The number of aromatic carboxylic acids is 1. The van der Waals surface area contributed by atoms with Crippen LogP contribution in [0.15, 0.2) is 6.20 Å². The van der Waals surface area contributed by atoms with Gasteiger partial charge in [0, 0.05) is 35.9 Å². The van der Waals surface area contributed by atoms with E-state index in [0.29, 0.717) is 18.8 Å². The lowest BCUT2D eigenvalue weighted by molar-refractivity contribution is 0.0690. The second-order valence-electron chi connectivity index (χ2n) is 3.63. The van der Waals surface area contributed by atoms with Crippen molar-refractivity contribution in [2.24, 2.45) is 0 Å². The average Bonchev–Trinajstić information content (AvgIpc) is 2.77. The molecule has 10 heteroatoms. The van der Waals surface area contributed by atoms with E-state index in [9.17, 15) is 13.8 Å². The van der Waals surface area contributed by atoms with Gasteiger partial charge in [-0.3, -0.25) is 4.21 Å². The van der Waals surface area contributed by atoms with Crippen molar-refractivity contribution >= 4 is 22.8 Å². The zero-order valence-electron chi connectivity index (χ0n) is 10.3. The van der Waals surface area contributed by atoms with E-state index in [0.717, 1.165) is 0 Å². The normalized spacial score (nSPS) is 11.8. The molecule has 1 unspecified atom stereocenters. The molecule has 0 aromatic carbocycles. The number of rotatable bonds is 7. The van der Waals surface area contributed by atoms with Gasteiger partial charge in [0.1, 0.15) is 0 Å². The number of amides is 2. The second kappa shape index (κ2) is 7.46. The Morgan fingerprint density at radius 2 is 2.11 bits per heavy atom. The first-order chi connectivity index (χ1) is 8.99. The Kier molecular flexibility index (Phi) is 5.93. The third-order valence-corrected chi connectivity index (χ3v) is 2.84. The average molecular weight is 289 g/mol. The Bertz CT molecular complexity index is 475. The maximum atomic E-state index is 11.3. The van der Waals surface area contributed by atoms with Gasteiger partial charge in [0.05, 0.1) is 12.7 Å². The molecule has 1 heterocycles. The minimum absolute atomic E-state index is 0.144. The smallest absolute Gasteiger partial charge is 0.358 e. The molecule has 0 aliphatic heterocycles. The van der Waals surface area contributed by atoms with Crippen LogP contribution >= 0.6 is 0 Å². The SMILES string of the molecule is CS(=O)CCNC(=O)NCCn1cc(C(=O)O)nn1. The summed E-state index contributed by atoms with van der Waals surface area (Å²) in [5.74, 6) is -0.747. The number of carbonyl (C=O) groups is 2. The fraction of sp³-hybridized carbons (Fsp3) is 0.556. The Morgan fingerprint density at radius 3 is 2.68 bits per heavy atom. The van der Waals surface area contributed by atoms with Crippen LogP contribution in [0.4, 0.5) is 4.79 Å². The van der Waals surface area contributed by atoms with Gasteiger partial charge < -0.3 is 15.7 Å². The lowest BCUT2D eigenvalue weighted by atomic mass is 10.5. The van der Waals surface area contributed by atoms with Crippen molar-refractivity contribution in [1.29, 1.82) is 0 Å². The van der Waals surface area contributed by atoms with Crippen LogP contribution in [0.3, 0.4) is 0 Å². The fourth-order valence-electron chi connectivity index (χ4n) is 1.16. The van der Waals surface area contributed by atoms with Crippen LogP contribution in [0.5, 0.6) is 0 Å². The Labute approximate surface area is 111 Å². The van der Waals surface area contributed by atoms with Crippen molar-refractivity contribution in [2.45, 2.75) is 6.54 Å². The number of carboxylic acid groups (broad SMARTS) is 1. The molecule has 1 aromatic heterocycles. The van der Waals surface area contributed by atoms with Crippen LogP contribution in [0.2, 0.25) is 0 Å². The van der Waals surface area contributed by atoms with Crippen LogP contribution in [0.1, 0.15) is 10.5 Å². The molecule has 1 aromatic rings. The molecule has 1 rings (SSSR count). The second-order valence-corrected chi connectivity index (χ2v) is 5.19. The zero-order valence-corrected chi connectivity index (χ0v) is 11.1. The van der Waals surface area contributed by atoms with Crippen LogP contribution in [-0.2, 0) is 17.3 Å². The third-order valence-electron chi connectivity index (χ3n) is 2.06. The lowest BCUT2D eigenvalue weighted by Crippen LogP contribution is -2.38. The summed E-state index contributed by atoms with van der Waals surface area (Å²) < 4.78 is 12.1. The highest BCUT2D eigenvalue weighted by molar-refractivity contribution is 7.84. The molecule has 19 heavy (non-hydrogen) atoms. The van der Waals surface area contributed by atoms with Crippen LogP contribution in [0.25, 0.3) is 0 Å². The molecule has 0 saturated carbocycles. The van der Waals surface area contributed by atoms with E-state index in [4.69, 9.17) is 5.11 Å². The van der Waals surface area contributed by atoms with Crippen molar-refractivity contribution in [3.8, 4) is 0 Å². The van der Waals surface area contributed by atoms with Crippen LogP contribution < -0.4 is 10.6 Å². The molecule has 1 atom stereocenters. The third kappa shape index (κ3) is 5.95. The maximum absolute atomic E-state index is 11.3. The monoisotopic (exact) mass is 289 g/mol. The minimum Gasteiger partial charge on any atom is -0.476 e. The van der Waals surface area contributed by atoms with Crippen molar-refractivity contribution in [2.75, 3.05) is 25.1 Å². The highest BCUT2D eigenvalue weighted by atomic mass is 32.2. The standard InChI is InChI=1S/C9H15N5O4S/c1-19(18)5-3-11-9(17)10-2-4-14-6-7(8(15)16)12-13-14/h6H,2-5H2,1H3,(H,15,16)(H2,10,11,17). The quantitative estimate of drug-likeness (QED) is 0.570. The summed E-state index contributed by atoms with van der Waals surface area (Å²) in [5.41, 5.74) is -0.144. The van der Waals surface area contributed by atoms with Crippen LogP contribution in [0, 0.1) is 0 Å². The van der Waals surface area contributed by atoms with Crippen molar-refractivity contribution in [3.05, 3.63) is 11.9 Å². The van der Waals surface area contributed by atoms with Gasteiger partial charge in [-0.15, -0.1) is 5.10 Å². The topological polar surface area (TPSA) is 126 Å². The van der Waals surface area contributed by atoms with Gasteiger partial charge >= 0.3 is 12.0 Å². The van der Waals surface area contributed by atoms with E-state index in [2.05, 4.69) is 20.9 Å². The van der Waals surface area contributed by atoms with Gasteiger partial charge in [0.2, 0.25) is 0 Å². The van der Waals surface area contributed by atoms with E-state index in [1.165, 1.54) is 10.9 Å². The summed E-state index contributed by atoms with van der Waals surface area (Å²) in [6.07, 6.45) is 2.84. The molecule has 0 bridgehead atoms. The number of hydrogen-bond acceptors (Lipinski definition) is 5. The van der Waals surface area contributed by atoms with Crippen molar-refractivity contribution in [1.82, 2.24) is 25.6 Å². The number of nitrogens with one attached hydrogen (secondary N) is 2. The number of nitrogens with zero attached hydrogens (tertiary/aromatic N) is 3. The number of aromatic nitrogens is 3. The number of carboxylic acids is 1. The van der Waals surface area contributed by atoms with Crippen molar-refractivity contribution < 1.29 is 18.9 Å². The molecule has 0 spiro atoms. The van der Waals surface area contributed by atoms with Gasteiger partial charge in [-0.05, 0) is 0 Å². The summed E-state index contributed by atoms with van der Waals surface area (Å²) in [4.78, 5) is 21.8. The fourth-order valence-corrected chi connectivity index (χ4v) is 1.55. The van der Waals surface area contributed by atoms with E-state index in [-0.39, 0.29) is 18.3 Å². The first-order valence-electron chi connectivity index (χ1n) is 5.44. The highest BCUT2D eigenvalue weighted by Crippen LogP contribution is 1.91. The molecule has 2 amide bonds. The van der Waals surface area contributed by atoms with Gasteiger partial charge in [-0.25, -0.2) is 14.3 Å². The molecular formula is C9H15N5O4S. The molecule has 0 radical (unpaired) electrons. The number of hydrogen-bond donors (Lipinski definition) is 3. The van der Waals surface area contributed by atoms with Gasteiger partial charge in [-0.1, -0.05) is 5.21 Å². The minimum atomic E-state index is -1.15. The van der Waals surface area contributed by atoms with E-state index < -0.39 is 16.8 Å². The number of carbonyl (C=O) groups excluding carboxylic acids is 1. The Morgan fingerprint density at radius 1 is 1.42 bits per heavy atom. The molecule has 0 fully saturated rings. The predicted molar refractivity (Wildman–Crippen MR) is 67.3 cm³/mol. The van der Waals surface area contributed by atoms with Crippen molar-refractivity contribution in [3.63, 3.8) is 0 Å². The zero-order chi connectivity index (χ0) is 14.3. The van der Waals surface area contributed by atoms with Gasteiger partial charge in [-0.2, -0.15) is 0 Å². The lowest BCUT2D eigenvalue weighted by Gasteiger charge is -2.06. The first kappa shape index (κ1) is 15.1. The number of urea groups is 1. The van der Waals surface area contributed by atoms with Gasteiger partial charge in [0.25, 0.3) is 0 Å². The maximum Gasteiger partial charge on any atom is 0.358 e.